The highest BCUT2D eigenvalue weighted by atomic mass is 28.3. The highest BCUT2D eigenvalue weighted by Gasteiger charge is 2.26. The second-order valence-electron chi connectivity index (χ2n) is 8.39. The van der Waals surface area contributed by atoms with Crippen LogP contribution in [0.4, 0.5) is 0 Å². The number of pyridine rings is 1. The summed E-state index contributed by atoms with van der Waals surface area (Å²) in [5.74, 6) is 3.26. The number of fused-ring (bicyclic) bond motifs is 1. The van der Waals surface area contributed by atoms with Gasteiger partial charge in [0.1, 0.15) is 20.9 Å². The number of carbonyl (C=O) groups is 1. The fourth-order valence-corrected chi connectivity index (χ4v) is 2.96. The van der Waals surface area contributed by atoms with Gasteiger partial charge in [-0.25, -0.2) is 0 Å². The van der Waals surface area contributed by atoms with Gasteiger partial charge < -0.3 is 19.6 Å². The molecule has 0 spiro atoms. The van der Waals surface area contributed by atoms with Gasteiger partial charge in [-0.1, -0.05) is 30.7 Å². The first-order valence-electron chi connectivity index (χ1n) is 9.55. The number of carbonyl (C=O) groups excluding carboxylic acids is 1. The molecule has 0 aliphatic heterocycles. The molecule has 2 rings (SSSR count). The molecule has 2 aromatic rings. The topological polar surface area (TPSA) is 82.0 Å². The van der Waals surface area contributed by atoms with Crippen LogP contribution in [0.25, 0.3) is 10.9 Å². The summed E-state index contributed by atoms with van der Waals surface area (Å²) >= 11 is 0. The molecule has 160 valence electrons. The molecule has 0 fully saturated rings. The summed E-state index contributed by atoms with van der Waals surface area (Å²) < 4.78 is 11.0. The van der Waals surface area contributed by atoms with E-state index < -0.39 is 25.8 Å². The zero-order valence-electron chi connectivity index (χ0n) is 18.6. The van der Waals surface area contributed by atoms with Gasteiger partial charge in [-0.3, -0.25) is 9.78 Å². The predicted molar refractivity (Wildman–Crippen MR) is 121 cm³/mol. The van der Waals surface area contributed by atoms with Gasteiger partial charge in [0.15, 0.2) is 0 Å². The minimum atomic E-state index is -1.48. The number of nitrogens with zero attached hydrogens (tertiary/aromatic N) is 2. The Hall–Kier alpha value is -2.89. The maximum atomic E-state index is 12.6. The van der Waals surface area contributed by atoms with E-state index in [2.05, 4.69) is 51.4 Å². The van der Waals surface area contributed by atoms with Crippen LogP contribution in [0.5, 0.6) is 5.75 Å². The van der Waals surface area contributed by atoms with Crippen LogP contribution in [0.3, 0.4) is 0 Å². The van der Waals surface area contributed by atoms with Gasteiger partial charge >= 0.3 is 0 Å². The van der Waals surface area contributed by atoms with Crippen LogP contribution in [0.2, 0.25) is 19.6 Å². The number of hydrogen-bond donors (Lipinski definition) is 1. The van der Waals surface area contributed by atoms with Crippen LogP contribution in [-0.4, -0.2) is 51.2 Å². The monoisotopic (exact) mass is 427 g/mol. The highest BCUT2D eigenvalue weighted by Crippen LogP contribution is 2.21. The first-order chi connectivity index (χ1) is 14.0. The third-order valence-corrected chi connectivity index (χ3v) is 4.71. The van der Waals surface area contributed by atoms with E-state index in [4.69, 9.17) is 9.47 Å². The van der Waals surface area contributed by atoms with Crippen molar-refractivity contribution in [1.82, 2.24) is 10.3 Å². The quantitative estimate of drug-likeness (QED) is 0.241. The average Bonchev–Trinajstić information content (AvgIpc) is 2.67. The summed E-state index contributed by atoms with van der Waals surface area (Å²) in [6.07, 6.45) is 2.13. The van der Waals surface area contributed by atoms with E-state index in [1.54, 1.807) is 26.1 Å². The fraction of sp³-hybridized carbons (Fsp3) is 0.409. The Morgan fingerprint density at radius 2 is 2.00 bits per heavy atom. The lowest BCUT2D eigenvalue weighted by molar-refractivity contribution is -0.149. The fourth-order valence-electron chi connectivity index (χ4n) is 2.44. The molecular formula is C22H29N3O4Si. The summed E-state index contributed by atoms with van der Waals surface area (Å²) in [6.45, 7) is 10.1. The Kier molecular flexibility index (Phi) is 7.59. The van der Waals surface area contributed by atoms with Crippen molar-refractivity contribution < 1.29 is 19.1 Å². The normalized spacial score (nSPS) is 12.9. The van der Waals surface area contributed by atoms with Crippen LogP contribution in [-0.2, 0) is 14.4 Å². The largest absolute Gasteiger partial charge is 0.455 e. The smallest absolute Gasteiger partial charge is 0.290 e. The van der Waals surface area contributed by atoms with E-state index in [1.165, 1.54) is 20.4 Å². The lowest BCUT2D eigenvalue weighted by Crippen LogP contribution is -2.51. The van der Waals surface area contributed by atoms with E-state index in [-0.39, 0.29) is 0 Å². The second kappa shape index (κ2) is 9.74. The molecule has 0 radical (unpaired) electrons. The molecule has 1 amide bonds. The number of rotatable bonds is 7. The standard InChI is InChI=1S/C22H29N3O4Si/c1-22(2,15-24-28-4)25-20(26)21(27-3)29-18-8-9-19-17(13-18)12-16(14-23-19)10-11-30(5,6)7/h8-9,12-15,21H,1-7H3,(H,25,26). The van der Waals surface area contributed by atoms with Crippen molar-refractivity contribution in [2.24, 2.45) is 5.16 Å². The van der Waals surface area contributed by atoms with Crippen molar-refractivity contribution in [3.05, 3.63) is 36.0 Å². The molecule has 1 atom stereocenters. The maximum Gasteiger partial charge on any atom is 0.290 e. The third kappa shape index (κ3) is 7.17. The number of methoxy groups -OCH3 is 1. The number of nitrogens with one attached hydrogen (secondary N) is 1. The van der Waals surface area contributed by atoms with Crippen molar-refractivity contribution in [3.63, 3.8) is 0 Å². The van der Waals surface area contributed by atoms with E-state index in [1.807, 2.05) is 18.2 Å². The van der Waals surface area contributed by atoms with Crippen molar-refractivity contribution in [2.75, 3.05) is 14.2 Å². The minimum absolute atomic E-state index is 0.432. The van der Waals surface area contributed by atoms with Crippen LogP contribution < -0.4 is 10.1 Å². The lowest BCUT2D eigenvalue weighted by atomic mass is 10.1. The lowest BCUT2D eigenvalue weighted by Gasteiger charge is -2.24. The Labute approximate surface area is 178 Å². The van der Waals surface area contributed by atoms with E-state index in [0.717, 1.165) is 16.5 Å². The van der Waals surface area contributed by atoms with Crippen LogP contribution in [0.1, 0.15) is 19.4 Å². The molecule has 0 aliphatic rings. The molecule has 0 saturated heterocycles. The van der Waals surface area contributed by atoms with E-state index in [0.29, 0.717) is 5.75 Å². The third-order valence-electron chi connectivity index (χ3n) is 3.83. The number of aromatic nitrogens is 1. The predicted octanol–water partition coefficient (Wildman–Crippen LogP) is 3.34. The van der Waals surface area contributed by atoms with Gasteiger partial charge in [0, 0.05) is 24.3 Å². The van der Waals surface area contributed by atoms with Gasteiger partial charge in [-0.05, 0) is 38.1 Å². The van der Waals surface area contributed by atoms with E-state index in [9.17, 15) is 4.79 Å². The molecule has 0 aliphatic carbocycles. The van der Waals surface area contributed by atoms with Gasteiger partial charge in [0.25, 0.3) is 12.2 Å². The van der Waals surface area contributed by atoms with Gasteiger partial charge in [-0.15, -0.1) is 5.54 Å². The Balaban J connectivity index is 2.20. The van der Waals surface area contributed by atoms with Crippen molar-refractivity contribution in [1.29, 1.82) is 0 Å². The van der Waals surface area contributed by atoms with Gasteiger partial charge in [0.05, 0.1) is 17.3 Å². The number of oxime groups is 1. The maximum absolute atomic E-state index is 12.6. The molecule has 1 unspecified atom stereocenters. The molecule has 30 heavy (non-hydrogen) atoms. The van der Waals surface area contributed by atoms with Crippen molar-refractivity contribution in [2.45, 2.75) is 45.3 Å². The summed E-state index contributed by atoms with van der Waals surface area (Å²) in [5.41, 5.74) is 4.27. The molecule has 1 N–H and O–H groups in total. The Bertz CT molecular complexity index is 987. The summed E-state index contributed by atoms with van der Waals surface area (Å²) in [7, 11) is 1.37. The van der Waals surface area contributed by atoms with Gasteiger partial charge in [-0.2, -0.15) is 0 Å². The Morgan fingerprint density at radius 3 is 2.63 bits per heavy atom. The molecular weight excluding hydrogens is 398 g/mol. The molecule has 8 heteroatoms. The molecule has 1 aromatic carbocycles. The number of benzene rings is 1. The number of amides is 1. The molecule has 0 bridgehead atoms. The van der Waals surface area contributed by atoms with Gasteiger partial charge in [0.2, 0.25) is 0 Å². The van der Waals surface area contributed by atoms with Crippen LogP contribution in [0, 0.1) is 11.5 Å². The highest BCUT2D eigenvalue weighted by molar-refractivity contribution is 6.83. The minimum Gasteiger partial charge on any atom is -0.455 e. The SMILES string of the molecule is CON=CC(C)(C)NC(=O)C(OC)Oc1ccc2ncc(C#C[Si](C)(C)C)cc2c1. The molecule has 1 heterocycles. The van der Waals surface area contributed by atoms with E-state index >= 15 is 0 Å². The van der Waals surface area contributed by atoms with Crippen molar-refractivity contribution >= 4 is 31.1 Å². The zero-order chi connectivity index (χ0) is 22.4. The summed E-state index contributed by atoms with van der Waals surface area (Å²) in [6, 6.07) is 7.37. The first kappa shape index (κ1) is 23.4. The average molecular weight is 428 g/mol. The number of hydrogen-bond acceptors (Lipinski definition) is 6. The number of ether oxygens (including phenoxy) is 2. The summed E-state index contributed by atoms with van der Waals surface area (Å²) in [4.78, 5) is 21.7. The second-order valence-corrected chi connectivity index (χ2v) is 13.1. The zero-order valence-corrected chi connectivity index (χ0v) is 19.6. The summed E-state index contributed by atoms with van der Waals surface area (Å²) in [5, 5.41) is 7.37. The van der Waals surface area contributed by atoms with Crippen LogP contribution in [0.15, 0.2) is 35.6 Å². The first-order valence-corrected chi connectivity index (χ1v) is 13.1. The molecule has 1 aromatic heterocycles. The van der Waals surface area contributed by atoms with Crippen molar-refractivity contribution in [3.8, 4) is 17.2 Å². The molecule has 0 saturated carbocycles. The Morgan fingerprint density at radius 1 is 1.27 bits per heavy atom. The van der Waals surface area contributed by atoms with Crippen LogP contribution >= 0.6 is 0 Å². The molecule has 7 nitrogen and oxygen atoms in total.